The van der Waals surface area contributed by atoms with Gasteiger partial charge in [-0.25, -0.2) is 4.39 Å². The zero-order valence-corrected chi connectivity index (χ0v) is 14.5. The monoisotopic (exact) mass is 369 g/mol. The third-order valence-electron chi connectivity index (χ3n) is 3.64. The van der Waals surface area contributed by atoms with Gasteiger partial charge in [-0.1, -0.05) is 28.9 Å². The summed E-state index contributed by atoms with van der Waals surface area (Å²) in [4.78, 5) is 4.30. The highest BCUT2D eigenvalue weighted by atomic mass is 35.5. The van der Waals surface area contributed by atoms with E-state index in [4.69, 9.17) is 20.9 Å². The summed E-state index contributed by atoms with van der Waals surface area (Å²) in [7, 11) is 1.58. The van der Waals surface area contributed by atoms with Gasteiger partial charge in [-0.05, 0) is 24.3 Å². The van der Waals surface area contributed by atoms with Gasteiger partial charge in [0.2, 0.25) is 0 Å². The summed E-state index contributed by atoms with van der Waals surface area (Å²) in [5.41, 5.74) is 0.958. The Morgan fingerprint density at radius 2 is 2.15 bits per heavy atom. The predicted octanol–water partition coefficient (Wildman–Crippen LogP) is 4.96. The molecule has 5 nitrogen and oxygen atoms in total. The second-order valence-electron chi connectivity index (χ2n) is 5.26. The van der Waals surface area contributed by atoms with Crippen LogP contribution in [-0.2, 0) is 6.42 Å². The normalized spacial score (nSPS) is 10.8. The lowest BCUT2D eigenvalue weighted by Crippen LogP contribution is -1.91. The van der Waals surface area contributed by atoms with E-state index in [0.717, 1.165) is 0 Å². The molecule has 0 aliphatic heterocycles. The highest BCUT2D eigenvalue weighted by molar-refractivity contribution is 6.33. The van der Waals surface area contributed by atoms with Gasteiger partial charge in [0.25, 0.3) is 0 Å². The molecule has 1 heterocycles. The number of benzene rings is 2. The predicted molar refractivity (Wildman–Crippen MR) is 96.5 cm³/mol. The molecule has 0 atom stereocenters. The molecular formula is C19H13ClFN3O2. The fourth-order valence-electron chi connectivity index (χ4n) is 2.40. The Labute approximate surface area is 154 Å². The van der Waals surface area contributed by atoms with Crippen molar-refractivity contribution < 1.29 is 13.7 Å². The lowest BCUT2D eigenvalue weighted by atomic mass is 10.1. The Balaban J connectivity index is 1.87. The Morgan fingerprint density at radius 3 is 2.88 bits per heavy atom. The molecule has 0 bridgehead atoms. The maximum absolute atomic E-state index is 14.1. The molecule has 0 N–H and O–H groups in total. The third kappa shape index (κ3) is 3.58. The third-order valence-corrected chi connectivity index (χ3v) is 3.96. The van der Waals surface area contributed by atoms with Crippen molar-refractivity contribution in [3.63, 3.8) is 0 Å². The summed E-state index contributed by atoms with van der Waals surface area (Å²) in [6.45, 7) is 0. The number of hydrogen-bond acceptors (Lipinski definition) is 5. The van der Waals surface area contributed by atoms with Crippen LogP contribution in [0.1, 0.15) is 11.3 Å². The molecule has 0 amide bonds. The van der Waals surface area contributed by atoms with Crippen molar-refractivity contribution >= 4 is 23.5 Å². The summed E-state index contributed by atoms with van der Waals surface area (Å²) in [5, 5.41) is 13.4. The fourth-order valence-corrected chi connectivity index (χ4v) is 2.65. The maximum Gasteiger partial charge on any atom is 0.160 e. The van der Waals surface area contributed by atoms with E-state index in [1.54, 1.807) is 19.4 Å². The molecule has 1 aromatic heterocycles. The standard InChI is InChI=1S/C19H13ClFN3O2/c1-25-13-5-2-4-12(10-13)23-9-8-17-14(11-22)19(24-26-17)18-15(20)6-3-7-16(18)21/h2-7,9-10H,8H2,1H3. The van der Waals surface area contributed by atoms with Crippen LogP contribution in [0, 0.1) is 17.1 Å². The molecular weight excluding hydrogens is 357 g/mol. The second-order valence-corrected chi connectivity index (χ2v) is 5.66. The Kier molecular flexibility index (Phi) is 5.30. The lowest BCUT2D eigenvalue weighted by molar-refractivity contribution is 0.394. The fraction of sp³-hybridized carbons (Fsp3) is 0.105. The minimum atomic E-state index is -0.570. The molecule has 0 fully saturated rings. The van der Waals surface area contributed by atoms with Crippen molar-refractivity contribution in [2.24, 2.45) is 4.99 Å². The minimum absolute atomic E-state index is 0.0467. The van der Waals surface area contributed by atoms with E-state index in [0.29, 0.717) is 11.4 Å². The summed E-state index contributed by atoms with van der Waals surface area (Å²) >= 11 is 6.05. The van der Waals surface area contributed by atoms with E-state index in [-0.39, 0.29) is 34.0 Å². The molecule has 0 unspecified atom stereocenters. The average molecular weight is 370 g/mol. The van der Waals surface area contributed by atoms with Crippen molar-refractivity contribution in [1.29, 1.82) is 5.26 Å². The number of rotatable bonds is 5. The van der Waals surface area contributed by atoms with Gasteiger partial charge < -0.3 is 9.26 Å². The number of hydrogen-bond donors (Lipinski definition) is 0. The van der Waals surface area contributed by atoms with Crippen LogP contribution in [0.15, 0.2) is 52.0 Å². The Morgan fingerprint density at radius 1 is 1.35 bits per heavy atom. The van der Waals surface area contributed by atoms with Gasteiger partial charge in [0, 0.05) is 18.7 Å². The molecule has 26 heavy (non-hydrogen) atoms. The van der Waals surface area contributed by atoms with Gasteiger partial charge in [-0.15, -0.1) is 0 Å². The average Bonchev–Trinajstić information content (AvgIpc) is 3.04. The number of ether oxygens (including phenoxy) is 1. The molecule has 0 aliphatic carbocycles. The number of aliphatic imine (C=N–C) groups is 1. The van der Waals surface area contributed by atoms with Crippen molar-refractivity contribution in [3.8, 4) is 23.1 Å². The van der Waals surface area contributed by atoms with Crippen LogP contribution >= 0.6 is 11.6 Å². The quantitative estimate of drug-likeness (QED) is 0.596. The lowest BCUT2D eigenvalue weighted by Gasteiger charge is -2.01. The van der Waals surface area contributed by atoms with E-state index in [1.165, 1.54) is 18.2 Å². The first-order chi connectivity index (χ1) is 12.6. The van der Waals surface area contributed by atoms with Crippen LogP contribution < -0.4 is 4.74 Å². The first-order valence-electron chi connectivity index (χ1n) is 7.63. The molecule has 3 aromatic rings. The summed E-state index contributed by atoms with van der Waals surface area (Å²) in [6, 6.07) is 13.5. The van der Waals surface area contributed by atoms with Gasteiger partial charge in [-0.3, -0.25) is 4.99 Å². The SMILES string of the molecule is COc1cccc(N=CCc2onc(-c3c(F)cccc3Cl)c2C#N)c1. The van der Waals surface area contributed by atoms with Crippen molar-refractivity contribution in [3.05, 3.63) is 64.6 Å². The first kappa shape index (κ1) is 17.6. The molecule has 3 rings (SSSR count). The van der Waals surface area contributed by atoms with Crippen molar-refractivity contribution in [1.82, 2.24) is 5.16 Å². The molecule has 130 valence electrons. The number of halogens is 2. The largest absolute Gasteiger partial charge is 0.497 e. The molecule has 2 aromatic carbocycles. The topological polar surface area (TPSA) is 71.4 Å². The van der Waals surface area contributed by atoms with Crippen molar-refractivity contribution in [2.75, 3.05) is 7.11 Å². The van der Waals surface area contributed by atoms with E-state index in [2.05, 4.69) is 10.1 Å². The van der Waals surface area contributed by atoms with Crippen LogP contribution in [0.25, 0.3) is 11.3 Å². The molecule has 0 radical (unpaired) electrons. The van der Waals surface area contributed by atoms with Crippen LogP contribution in [0.2, 0.25) is 5.02 Å². The van der Waals surface area contributed by atoms with Gasteiger partial charge >= 0.3 is 0 Å². The first-order valence-corrected chi connectivity index (χ1v) is 8.01. The van der Waals surface area contributed by atoms with Crippen LogP contribution in [0.4, 0.5) is 10.1 Å². The number of methoxy groups -OCH3 is 1. The van der Waals surface area contributed by atoms with E-state index >= 15 is 0 Å². The second kappa shape index (κ2) is 7.81. The number of nitriles is 1. The maximum atomic E-state index is 14.1. The molecule has 0 aliphatic rings. The molecule has 0 saturated carbocycles. The minimum Gasteiger partial charge on any atom is -0.497 e. The smallest absolute Gasteiger partial charge is 0.160 e. The summed E-state index contributed by atoms with van der Waals surface area (Å²) in [6.07, 6.45) is 1.81. The zero-order chi connectivity index (χ0) is 18.5. The number of aromatic nitrogens is 1. The highest BCUT2D eigenvalue weighted by Gasteiger charge is 2.21. The highest BCUT2D eigenvalue weighted by Crippen LogP contribution is 2.33. The van der Waals surface area contributed by atoms with Crippen molar-refractivity contribution in [2.45, 2.75) is 6.42 Å². The van der Waals surface area contributed by atoms with E-state index in [1.807, 2.05) is 24.3 Å². The van der Waals surface area contributed by atoms with Gasteiger partial charge in [0.15, 0.2) is 5.76 Å². The van der Waals surface area contributed by atoms with E-state index in [9.17, 15) is 9.65 Å². The van der Waals surface area contributed by atoms with E-state index < -0.39 is 5.82 Å². The summed E-state index contributed by atoms with van der Waals surface area (Å²) in [5.74, 6) is 0.404. The molecule has 0 spiro atoms. The number of nitrogens with zero attached hydrogens (tertiary/aromatic N) is 3. The Bertz CT molecular complexity index is 988. The van der Waals surface area contributed by atoms with Crippen LogP contribution in [-0.4, -0.2) is 18.5 Å². The Hall–Kier alpha value is -3.17. The van der Waals surface area contributed by atoms with Gasteiger partial charge in [-0.2, -0.15) is 5.26 Å². The van der Waals surface area contributed by atoms with Gasteiger partial charge in [0.1, 0.15) is 28.9 Å². The molecule has 7 heteroatoms. The van der Waals surface area contributed by atoms with Gasteiger partial charge in [0.05, 0.1) is 23.4 Å². The van der Waals surface area contributed by atoms with Crippen LogP contribution in [0.5, 0.6) is 5.75 Å². The summed E-state index contributed by atoms with van der Waals surface area (Å²) < 4.78 is 24.5. The zero-order valence-electron chi connectivity index (χ0n) is 13.7. The van der Waals surface area contributed by atoms with Crippen LogP contribution in [0.3, 0.4) is 0 Å². The molecule has 0 saturated heterocycles.